The number of aryl methyl sites for hydroxylation is 1. The number of benzene rings is 2. The Morgan fingerprint density at radius 2 is 2.00 bits per heavy atom. The van der Waals surface area contributed by atoms with Crippen molar-refractivity contribution in [3.05, 3.63) is 58.6 Å². The van der Waals surface area contributed by atoms with Crippen LogP contribution in [0.3, 0.4) is 0 Å². The van der Waals surface area contributed by atoms with Gasteiger partial charge in [-0.1, -0.05) is 17.7 Å². The fraction of sp³-hybridized carbons (Fsp3) is 0.294. The van der Waals surface area contributed by atoms with Gasteiger partial charge >= 0.3 is 0 Å². The summed E-state index contributed by atoms with van der Waals surface area (Å²) in [6, 6.07) is 13.6. The highest BCUT2D eigenvalue weighted by molar-refractivity contribution is 6.30. The lowest BCUT2D eigenvalue weighted by Crippen LogP contribution is -2.36. The first-order valence-corrected chi connectivity index (χ1v) is 7.37. The number of fused-ring (bicyclic) bond motifs is 1. The van der Waals surface area contributed by atoms with Crippen LogP contribution >= 0.6 is 11.6 Å². The van der Waals surface area contributed by atoms with Gasteiger partial charge in [-0.2, -0.15) is 0 Å². The fourth-order valence-electron chi connectivity index (χ4n) is 2.97. The summed E-state index contributed by atoms with van der Waals surface area (Å²) in [7, 11) is 1.66. The van der Waals surface area contributed by atoms with Gasteiger partial charge in [0.1, 0.15) is 5.75 Å². The van der Waals surface area contributed by atoms with Crippen LogP contribution in [0.15, 0.2) is 42.5 Å². The summed E-state index contributed by atoms with van der Waals surface area (Å²) in [6.45, 7) is 0.0375. The van der Waals surface area contributed by atoms with Gasteiger partial charge < -0.3 is 15.2 Å². The molecule has 0 aromatic heterocycles. The van der Waals surface area contributed by atoms with E-state index in [1.807, 2.05) is 36.4 Å². The van der Waals surface area contributed by atoms with Gasteiger partial charge in [-0.25, -0.2) is 0 Å². The summed E-state index contributed by atoms with van der Waals surface area (Å²) in [5.74, 6) is 0.811. The van der Waals surface area contributed by atoms with Crippen LogP contribution < -0.4 is 10.1 Å². The molecule has 0 radical (unpaired) electrons. The van der Waals surface area contributed by atoms with E-state index in [1.165, 1.54) is 5.56 Å². The molecule has 2 aromatic carbocycles. The van der Waals surface area contributed by atoms with E-state index in [9.17, 15) is 5.11 Å². The number of rotatable bonds is 4. The van der Waals surface area contributed by atoms with Crippen molar-refractivity contribution in [3.8, 4) is 5.75 Å². The minimum atomic E-state index is -0.461. The van der Waals surface area contributed by atoms with Crippen molar-refractivity contribution < 1.29 is 9.84 Å². The van der Waals surface area contributed by atoms with E-state index < -0.39 is 5.54 Å². The third-order valence-corrected chi connectivity index (χ3v) is 4.40. The lowest BCUT2D eigenvalue weighted by atomic mass is 9.92. The molecule has 0 aliphatic heterocycles. The van der Waals surface area contributed by atoms with Gasteiger partial charge in [0.15, 0.2) is 0 Å². The van der Waals surface area contributed by atoms with Gasteiger partial charge in [0.05, 0.1) is 19.3 Å². The summed E-state index contributed by atoms with van der Waals surface area (Å²) < 4.78 is 5.32. The fourth-order valence-corrected chi connectivity index (χ4v) is 3.10. The van der Waals surface area contributed by atoms with Gasteiger partial charge in [-0.05, 0) is 60.4 Å². The molecule has 2 N–H and O–H groups in total. The summed E-state index contributed by atoms with van der Waals surface area (Å²) >= 11 is 5.92. The molecule has 1 atom stereocenters. The molecule has 0 saturated heterocycles. The Labute approximate surface area is 129 Å². The van der Waals surface area contributed by atoms with E-state index in [0.717, 1.165) is 29.8 Å². The van der Waals surface area contributed by atoms with Crippen molar-refractivity contribution in [2.45, 2.75) is 18.4 Å². The first-order valence-electron chi connectivity index (χ1n) is 6.99. The molecule has 0 heterocycles. The summed E-state index contributed by atoms with van der Waals surface area (Å²) in [5.41, 5.74) is 2.85. The predicted molar refractivity (Wildman–Crippen MR) is 85.2 cm³/mol. The summed E-state index contributed by atoms with van der Waals surface area (Å²) in [5, 5.41) is 14.2. The number of aliphatic hydroxyl groups excluding tert-OH is 1. The Morgan fingerprint density at radius 3 is 2.67 bits per heavy atom. The van der Waals surface area contributed by atoms with Crippen LogP contribution in [-0.2, 0) is 12.0 Å². The van der Waals surface area contributed by atoms with Crippen LogP contribution in [0.5, 0.6) is 5.75 Å². The van der Waals surface area contributed by atoms with Crippen molar-refractivity contribution in [1.82, 2.24) is 0 Å². The Morgan fingerprint density at radius 1 is 1.24 bits per heavy atom. The largest absolute Gasteiger partial charge is 0.497 e. The number of aliphatic hydroxyl groups is 1. The van der Waals surface area contributed by atoms with Crippen LogP contribution in [0.25, 0.3) is 0 Å². The van der Waals surface area contributed by atoms with Crippen molar-refractivity contribution in [1.29, 1.82) is 0 Å². The van der Waals surface area contributed by atoms with E-state index in [4.69, 9.17) is 16.3 Å². The lowest BCUT2D eigenvalue weighted by Gasteiger charge is -2.31. The zero-order valence-electron chi connectivity index (χ0n) is 11.9. The van der Waals surface area contributed by atoms with Crippen molar-refractivity contribution in [2.24, 2.45) is 0 Å². The van der Waals surface area contributed by atoms with Crippen molar-refractivity contribution in [3.63, 3.8) is 0 Å². The number of hydrogen-bond donors (Lipinski definition) is 2. The predicted octanol–water partition coefficient (Wildman–Crippen LogP) is 3.59. The molecule has 0 spiro atoms. The Bertz CT molecular complexity index is 642. The molecule has 3 nitrogen and oxygen atoms in total. The summed E-state index contributed by atoms with van der Waals surface area (Å²) in [6.07, 6.45) is 1.80. The molecule has 0 amide bonds. The maximum atomic E-state index is 10.0. The Balaban J connectivity index is 1.97. The Hall–Kier alpha value is -1.71. The SMILES string of the molecule is COc1ccc2c(c1)C(CO)(Nc1ccc(Cl)cc1)CC2. The monoisotopic (exact) mass is 303 g/mol. The molecular weight excluding hydrogens is 286 g/mol. The maximum Gasteiger partial charge on any atom is 0.119 e. The maximum absolute atomic E-state index is 10.0. The zero-order chi connectivity index (χ0) is 14.9. The van der Waals surface area contributed by atoms with Crippen LogP contribution in [0.4, 0.5) is 5.69 Å². The van der Waals surface area contributed by atoms with Gasteiger partial charge in [0.25, 0.3) is 0 Å². The van der Waals surface area contributed by atoms with E-state index in [-0.39, 0.29) is 6.61 Å². The average Bonchev–Trinajstić information content (AvgIpc) is 2.88. The lowest BCUT2D eigenvalue weighted by molar-refractivity contribution is 0.211. The topological polar surface area (TPSA) is 41.5 Å². The highest BCUT2D eigenvalue weighted by Gasteiger charge is 2.38. The van der Waals surface area contributed by atoms with Gasteiger partial charge in [0.2, 0.25) is 0 Å². The normalized spacial score (nSPS) is 20.1. The number of hydrogen-bond acceptors (Lipinski definition) is 3. The second-order valence-corrected chi connectivity index (χ2v) is 5.83. The van der Waals surface area contributed by atoms with E-state index >= 15 is 0 Å². The summed E-state index contributed by atoms with van der Waals surface area (Å²) in [4.78, 5) is 0. The Kier molecular flexibility index (Phi) is 3.79. The van der Waals surface area contributed by atoms with E-state index in [0.29, 0.717) is 5.02 Å². The van der Waals surface area contributed by atoms with Gasteiger partial charge in [-0.15, -0.1) is 0 Å². The minimum absolute atomic E-state index is 0.0375. The van der Waals surface area contributed by atoms with Crippen molar-refractivity contribution in [2.75, 3.05) is 19.0 Å². The molecule has 1 aliphatic carbocycles. The first kappa shape index (κ1) is 14.2. The third-order valence-electron chi connectivity index (χ3n) is 4.15. The quantitative estimate of drug-likeness (QED) is 0.907. The number of anilines is 1. The number of ether oxygens (including phenoxy) is 1. The molecule has 0 saturated carbocycles. The molecule has 21 heavy (non-hydrogen) atoms. The molecule has 1 unspecified atom stereocenters. The molecule has 4 heteroatoms. The average molecular weight is 304 g/mol. The number of methoxy groups -OCH3 is 1. The first-order chi connectivity index (χ1) is 10.2. The van der Waals surface area contributed by atoms with Crippen LogP contribution in [0, 0.1) is 0 Å². The number of nitrogens with one attached hydrogen (secondary N) is 1. The highest BCUT2D eigenvalue weighted by Crippen LogP contribution is 2.41. The zero-order valence-corrected chi connectivity index (χ0v) is 12.7. The van der Waals surface area contributed by atoms with E-state index in [2.05, 4.69) is 11.4 Å². The molecule has 1 aliphatic rings. The second-order valence-electron chi connectivity index (χ2n) is 5.40. The molecule has 0 fully saturated rings. The molecule has 110 valence electrons. The molecule has 3 rings (SSSR count). The van der Waals surface area contributed by atoms with E-state index in [1.54, 1.807) is 7.11 Å². The van der Waals surface area contributed by atoms with Gasteiger partial charge in [-0.3, -0.25) is 0 Å². The number of halogens is 1. The molecular formula is C17H18ClNO2. The van der Waals surface area contributed by atoms with Gasteiger partial charge in [0, 0.05) is 10.7 Å². The standard InChI is InChI=1S/C17H18ClNO2/c1-21-15-7-2-12-8-9-17(11-20,16(12)10-15)19-14-5-3-13(18)4-6-14/h2-7,10,19-20H,8-9,11H2,1H3. The van der Waals surface area contributed by atoms with Crippen LogP contribution in [-0.4, -0.2) is 18.8 Å². The van der Waals surface area contributed by atoms with Crippen LogP contribution in [0.1, 0.15) is 17.5 Å². The smallest absolute Gasteiger partial charge is 0.119 e. The second kappa shape index (κ2) is 5.58. The van der Waals surface area contributed by atoms with Crippen molar-refractivity contribution >= 4 is 17.3 Å². The highest BCUT2D eigenvalue weighted by atomic mass is 35.5. The minimum Gasteiger partial charge on any atom is -0.497 e. The molecule has 0 bridgehead atoms. The third kappa shape index (κ3) is 2.59. The molecule has 2 aromatic rings. The van der Waals surface area contributed by atoms with Crippen LogP contribution in [0.2, 0.25) is 5.02 Å².